The van der Waals surface area contributed by atoms with Crippen LogP contribution in [0.25, 0.3) is 0 Å². The maximum absolute atomic E-state index is 8.95. The second-order valence-electron chi connectivity index (χ2n) is 4.23. The van der Waals surface area contributed by atoms with E-state index < -0.39 is 0 Å². The summed E-state index contributed by atoms with van der Waals surface area (Å²) in [5.41, 5.74) is 7.23. The summed E-state index contributed by atoms with van der Waals surface area (Å²) in [4.78, 5) is 0. The molecule has 0 bridgehead atoms. The minimum Gasteiger partial charge on any atom is -0.409 e. The fraction of sp³-hybridized carbons (Fsp3) is 0.462. The molecule has 0 saturated heterocycles. The summed E-state index contributed by atoms with van der Waals surface area (Å²) in [5, 5.41) is 23.9. The Bertz CT molecular complexity index is 404. The lowest BCUT2D eigenvalue weighted by Crippen LogP contribution is -2.33. The van der Waals surface area contributed by atoms with E-state index in [9.17, 15) is 0 Å². The van der Waals surface area contributed by atoms with Crippen LogP contribution in [0.15, 0.2) is 29.4 Å². The molecule has 0 amide bonds. The number of ether oxygens (including phenoxy) is 1. The Morgan fingerprint density at radius 1 is 1.53 bits per heavy atom. The number of hydrogen-bond acceptors (Lipinski definition) is 5. The Balaban J connectivity index is 2.61. The van der Waals surface area contributed by atoms with Crippen LogP contribution in [-0.2, 0) is 11.3 Å². The number of aliphatic hydroxyl groups is 1. The predicted molar refractivity (Wildman–Crippen MR) is 73.2 cm³/mol. The average Bonchev–Trinajstić information content (AvgIpc) is 2.44. The Morgan fingerprint density at radius 3 is 2.95 bits per heavy atom. The van der Waals surface area contributed by atoms with Crippen LogP contribution in [0.5, 0.6) is 0 Å². The summed E-state index contributed by atoms with van der Waals surface area (Å²) < 4.78 is 5.08. The van der Waals surface area contributed by atoms with Crippen LogP contribution in [0.1, 0.15) is 17.5 Å². The van der Waals surface area contributed by atoms with Gasteiger partial charge < -0.3 is 26.1 Å². The second kappa shape index (κ2) is 8.47. The van der Waals surface area contributed by atoms with E-state index in [4.69, 9.17) is 20.8 Å². The number of oxime groups is 1. The van der Waals surface area contributed by atoms with E-state index in [-0.39, 0.29) is 18.5 Å². The topological polar surface area (TPSA) is 100 Å². The van der Waals surface area contributed by atoms with Gasteiger partial charge >= 0.3 is 0 Å². The zero-order valence-corrected chi connectivity index (χ0v) is 11.0. The van der Waals surface area contributed by atoms with Gasteiger partial charge in [0, 0.05) is 31.9 Å². The van der Waals surface area contributed by atoms with Gasteiger partial charge in [0.1, 0.15) is 0 Å². The first-order valence-electron chi connectivity index (χ1n) is 6.11. The van der Waals surface area contributed by atoms with Crippen molar-refractivity contribution in [2.75, 3.05) is 20.3 Å². The van der Waals surface area contributed by atoms with Crippen molar-refractivity contribution in [2.24, 2.45) is 10.9 Å². The van der Waals surface area contributed by atoms with E-state index in [1.165, 1.54) is 0 Å². The van der Waals surface area contributed by atoms with E-state index in [0.29, 0.717) is 25.1 Å². The lowest BCUT2D eigenvalue weighted by molar-refractivity contribution is 0.148. The third kappa shape index (κ3) is 5.25. The number of nitrogens with two attached hydrogens (primary N) is 1. The highest BCUT2D eigenvalue weighted by Crippen LogP contribution is 2.06. The summed E-state index contributed by atoms with van der Waals surface area (Å²) in [6, 6.07) is 7.53. The van der Waals surface area contributed by atoms with E-state index in [1.807, 2.05) is 18.2 Å². The van der Waals surface area contributed by atoms with Crippen molar-refractivity contribution >= 4 is 5.84 Å². The zero-order valence-electron chi connectivity index (χ0n) is 11.0. The molecular formula is C13H21N3O3. The lowest BCUT2D eigenvalue weighted by Gasteiger charge is -2.17. The van der Waals surface area contributed by atoms with Gasteiger partial charge in [-0.05, 0) is 18.1 Å². The van der Waals surface area contributed by atoms with Crippen LogP contribution in [0.4, 0.5) is 0 Å². The molecule has 1 atom stereocenters. The van der Waals surface area contributed by atoms with Crippen molar-refractivity contribution in [3.63, 3.8) is 0 Å². The van der Waals surface area contributed by atoms with Crippen molar-refractivity contribution in [3.05, 3.63) is 35.4 Å². The number of hydrogen-bond donors (Lipinski definition) is 4. The molecule has 0 aliphatic heterocycles. The smallest absolute Gasteiger partial charge is 0.170 e. The largest absolute Gasteiger partial charge is 0.409 e. The normalized spacial score (nSPS) is 13.5. The molecule has 0 aliphatic rings. The summed E-state index contributed by atoms with van der Waals surface area (Å²) in [6.45, 7) is 1.28. The maximum atomic E-state index is 8.95. The number of nitrogens with zero attached hydrogens (tertiary/aromatic N) is 1. The third-order valence-corrected chi connectivity index (χ3v) is 2.77. The molecule has 0 spiro atoms. The fourth-order valence-corrected chi connectivity index (χ4v) is 1.76. The first-order valence-corrected chi connectivity index (χ1v) is 6.11. The molecule has 6 nitrogen and oxygen atoms in total. The van der Waals surface area contributed by atoms with Gasteiger partial charge in [-0.1, -0.05) is 23.4 Å². The molecule has 1 rings (SSSR count). The molecule has 1 unspecified atom stereocenters. The number of rotatable bonds is 8. The highest BCUT2D eigenvalue weighted by atomic mass is 16.5. The predicted octanol–water partition coefficient (Wildman–Crippen LogP) is 0.268. The Hall–Kier alpha value is -1.63. The van der Waals surface area contributed by atoms with Crippen LogP contribution >= 0.6 is 0 Å². The SMILES string of the molecule is COCC(CCO)NCc1cccc(/C(N)=N/O)c1. The molecule has 0 aromatic heterocycles. The zero-order chi connectivity index (χ0) is 14.1. The first kappa shape index (κ1) is 15.4. The van der Waals surface area contributed by atoms with Crippen molar-refractivity contribution < 1.29 is 15.1 Å². The van der Waals surface area contributed by atoms with Crippen LogP contribution in [-0.4, -0.2) is 42.5 Å². The average molecular weight is 267 g/mol. The number of aliphatic hydroxyl groups excluding tert-OH is 1. The molecule has 1 aromatic rings. The van der Waals surface area contributed by atoms with Gasteiger partial charge in [0.2, 0.25) is 0 Å². The molecule has 0 heterocycles. The van der Waals surface area contributed by atoms with Crippen molar-refractivity contribution in [3.8, 4) is 0 Å². The molecule has 6 heteroatoms. The van der Waals surface area contributed by atoms with Gasteiger partial charge in [-0.15, -0.1) is 0 Å². The summed E-state index contributed by atoms with van der Waals surface area (Å²) >= 11 is 0. The minimum atomic E-state index is 0.0886. The van der Waals surface area contributed by atoms with Crippen LogP contribution in [0, 0.1) is 0 Å². The number of methoxy groups -OCH3 is 1. The highest BCUT2D eigenvalue weighted by molar-refractivity contribution is 5.97. The molecule has 19 heavy (non-hydrogen) atoms. The molecule has 0 aliphatic carbocycles. The Kier molecular flexibility index (Phi) is 6.88. The summed E-state index contributed by atoms with van der Waals surface area (Å²) in [5.74, 6) is 0.0886. The van der Waals surface area contributed by atoms with Crippen molar-refractivity contribution in [1.82, 2.24) is 5.32 Å². The fourth-order valence-electron chi connectivity index (χ4n) is 1.76. The first-order chi connectivity index (χ1) is 9.21. The van der Waals surface area contributed by atoms with Gasteiger partial charge in [-0.2, -0.15) is 0 Å². The van der Waals surface area contributed by atoms with Crippen molar-refractivity contribution in [2.45, 2.75) is 19.0 Å². The summed E-state index contributed by atoms with van der Waals surface area (Å²) in [6.07, 6.45) is 0.633. The monoisotopic (exact) mass is 267 g/mol. The highest BCUT2D eigenvalue weighted by Gasteiger charge is 2.07. The Labute approximate surface area is 112 Å². The molecule has 1 aromatic carbocycles. The van der Waals surface area contributed by atoms with E-state index in [1.54, 1.807) is 13.2 Å². The van der Waals surface area contributed by atoms with Gasteiger partial charge in [0.25, 0.3) is 0 Å². The van der Waals surface area contributed by atoms with Gasteiger partial charge in [-0.25, -0.2) is 0 Å². The van der Waals surface area contributed by atoms with Gasteiger partial charge in [0.15, 0.2) is 5.84 Å². The van der Waals surface area contributed by atoms with Gasteiger partial charge in [-0.3, -0.25) is 0 Å². The molecule has 0 radical (unpaired) electrons. The molecule has 0 fully saturated rings. The van der Waals surface area contributed by atoms with E-state index >= 15 is 0 Å². The van der Waals surface area contributed by atoms with Crippen LogP contribution in [0.3, 0.4) is 0 Å². The minimum absolute atomic E-state index is 0.0886. The van der Waals surface area contributed by atoms with Crippen LogP contribution in [0.2, 0.25) is 0 Å². The van der Waals surface area contributed by atoms with E-state index in [2.05, 4.69) is 10.5 Å². The number of benzene rings is 1. The lowest BCUT2D eigenvalue weighted by atomic mass is 10.1. The maximum Gasteiger partial charge on any atom is 0.170 e. The van der Waals surface area contributed by atoms with Crippen molar-refractivity contribution in [1.29, 1.82) is 0 Å². The summed E-state index contributed by atoms with van der Waals surface area (Å²) in [7, 11) is 1.63. The molecule has 106 valence electrons. The van der Waals surface area contributed by atoms with Gasteiger partial charge in [0.05, 0.1) is 6.61 Å². The molecule has 5 N–H and O–H groups in total. The third-order valence-electron chi connectivity index (χ3n) is 2.77. The molecule has 0 saturated carbocycles. The number of amidine groups is 1. The Morgan fingerprint density at radius 2 is 2.32 bits per heavy atom. The standard InChI is InChI=1S/C13H21N3O3/c1-19-9-12(5-6-17)15-8-10-3-2-4-11(7-10)13(14)16-18/h2-4,7,12,15,17-18H,5-6,8-9H2,1H3,(H2,14,16). The van der Waals surface area contributed by atoms with Crippen LogP contribution < -0.4 is 11.1 Å². The van der Waals surface area contributed by atoms with E-state index in [0.717, 1.165) is 5.56 Å². The molecular weight excluding hydrogens is 246 g/mol. The second-order valence-corrected chi connectivity index (χ2v) is 4.23. The number of nitrogens with one attached hydrogen (secondary N) is 1. The quantitative estimate of drug-likeness (QED) is 0.234.